The van der Waals surface area contributed by atoms with Crippen LogP contribution in [-0.2, 0) is 20.7 Å². The molecule has 0 saturated carbocycles. The van der Waals surface area contributed by atoms with Gasteiger partial charge in [-0.1, -0.05) is 36.4 Å². The Kier molecular flexibility index (Phi) is 5.92. The molecular weight excluding hydrogens is 389 g/mol. The number of aliphatic carboxylic acids is 1. The third-order valence-electron chi connectivity index (χ3n) is 4.89. The highest BCUT2D eigenvalue weighted by Gasteiger charge is 2.48. The average molecular weight is 413 g/mol. The van der Waals surface area contributed by atoms with Crippen LogP contribution in [0.4, 0.5) is 9.18 Å². The van der Waals surface area contributed by atoms with Crippen LogP contribution in [0.25, 0.3) is 11.1 Å². The van der Waals surface area contributed by atoms with Crippen molar-refractivity contribution >= 4 is 18.0 Å². The number of imide groups is 1. The summed E-state index contributed by atoms with van der Waals surface area (Å²) < 4.78 is 18.3. The molecule has 2 aromatic rings. The Morgan fingerprint density at radius 2 is 1.60 bits per heavy atom. The second-order valence-electron chi connectivity index (χ2n) is 8.38. The summed E-state index contributed by atoms with van der Waals surface area (Å²) >= 11 is 0. The van der Waals surface area contributed by atoms with Gasteiger partial charge in [-0.25, -0.2) is 18.9 Å². The first kappa shape index (κ1) is 21.5. The first-order valence-electron chi connectivity index (χ1n) is 9.69. The summed E-state index contributed by atoms with van der Waals surface area (Å²) in [6.07, 6.45) is -0.590. The molecule has 1 unspecified atom stereocenters. The molecule has 0 bridgehead atoms. The summed E-state index contributed by atoms with van der Waals surface area (Å²) in [5.41, 5.74) is 1.76. The Bertz CT molecular complexity index is 947. The fraction of sp³-hybridized carbons (Fsp3) is 0.348. The first-order valence-corrected chi connectivity index (χ1v) is 9.69. The summed E-state index contributed by atoms with van der Waals surface area (Å²) in [5, 5.41) is 9.49. The van der Waals surface area contributed by atoms with E-state index < -0.39 is 35.5 Å². The Hall–Kier alpha value is -3.22. The van der Waals surface area contributed by atoms with Crippen molar-refractivity contribution in [1.82, 2.24) is 4.90 Å². The van der Waals surface area contributed by atoms with Gasteiger partial charge in [-0.15, -0.1) is 0 Å². The molecule has 2 amide bonds. The molecule has 1 saturated heterocycles. The van der Waals surface area contributed by atoms with Crippen molar-refractivity contribution in [3.63, 3.8) is 0 Å². The minimum atomic E-state index is -1.24. The average Bonchev–Trinajstić information content (AvgIpc) is 2.98. The van der Waals surface area contributed by atoms with Gasteiger partial charge in [0.1, 0.15) is 17.5 Å². The topological polar surface area (TPSA) is 83.9 Å². The zero-order valence-corrected chi connectivity index (χ0v) is 17.1. The van der Waals surface area contributed by atoms with Crippen molar-refractivity contribution in [2.45, 2.75) is 45.3 Å². The summed E-state index contributed by atoms with van der Waals surface area (Å²) in [6, 6.07) is 12.3. The third kappa shape index (κ3) is 4.84. The van der Waals surface area contributed by atoms with E-state index >= 15 is 0 Å². The van der Waals surface area contributed by atoms with Gasteiger partial charge in [0.05, 0.1) is 0 Å². The summed E-state index contributed by atoms with van der Waals surface area (Å²) in [4.78, 5) is 37.6. The molecule has 3 rings (SSSR count). The highest BCUT2D eigenvalue weighted by molar-refractivity contribution is 6.00. The van der Waals surface area contributed by atoms with Gasteiger partial charge in [0.15, 0.2) is 0 Å². The van der Waals surface area contributed by atoms with E-state index in [2.05, 4.69) is 0 Å². The highest BCUT2D eigenvalue weighted by Crippen LogP contribution is 2.30. The van der Waals surface area contributed by atoms with Gasteiger partial charge in [-0.2, -0.15) is 0 Å². The van der Waals surface area contributed by atoms with Gasteiger partial charge >= 0.3 is 12.1 Å². The van der Waals surface area contributed by atoms with E-state index in [0.717, 1.165) is 21.6 Å². The van der Waals surface area contributed by atoms with Crippen LogP contribution in [0, 0.1) is 11.7 Å². The number of ether oxygens (including phenoxy) is 1. The number of benzene rings is 2. The van der Waals surface area contributed by atoms with Crippen LogP contribution in [0.15, 0.2) is 48.5 Å². The van der Waals surface area contributed by atoms with Gasteiger partial charge in [0, 0.05) is 5.92 Å². The number of carbonyl (C=O) groups is 3. The van der Waals surface area contributed by atoms with Crippen LogP contribution >= 0.6 is 0 Å². The standard InChI is InChI=1S/C23H24FNO5/c1-23(2,3)30-22(29)25-19(21(27)28)13-17(20(25)26)12-14-4-6-15(7-5-14)16-8-10-18(24)11-9-16/h4-11,17,19H,12-13H2,1-3H3,(H,27,28)/t17?,19-/m0/s1. The molecule has 158 valence electrons. The molecule has 1 fully saturated rings. The predicted octanol–water partition coefficient (Wildman–Crippen LogP) is 4.27. The normalized spacial score (nSPS) is 19.1. The molecule has 1 aliphatic rings. The molecule has 0 aliphatic carbocycles. The van der Waals surface area contributed by atoms with Gasteiger partial charge in [-0.3, -0.25) is 4.79 Å². The van der Waals surface area contributed by atoms with Crippen molar-refractivity contribution in [3.8, 4) is 11.1 Å². The van der Waals surface area contributed by atoms with Crippen molar-refractivity contribution in [1.29, 1.82) is 0 Å². The monoisotopic (exact) mass is 413 g/mol. The number of likely N-dealkylation sites (tertiary alicyclic amines) is 1. The number of carboxylic acids is 1. The lowest BCUT2D eigenvalue weighted by atomic mass is 9.94. The minimum absolute atomic E-state index is 0.0348. The SMILES string of the molecule is CC(C)(C)OC(=O)N1C(=O)C(Cc2ccc(-c3ccc(F)cc3)cc2)C[C@H]1C(=O)O. The Balaban J connectivity index is 1.74. The van der Waals surface area contributed by atoms with Crippen LogP contribution < -0.4 is 0 Å². The van der Waals surface area contributed by atoms with Crippen LogP contribution in [-0.4, -0.2) is 39.6 Å². The maximum atomic E-state index is 13.1. The predicted molar refractivity (Wildman–Crippen MR) is 108 cm³/mol. The smallest absolute Gasteiger partial charge is 0.417 e. The zero-order chi connectivity index (χ0) is 22.1. The molecule has 1 N–H and O–H groups in total. The molecule has 1 aliphatic heterocycles. The Labute approximate surface area is 174 Å². The maximum absolute atomic E-state index is 13.1. The van der Waals surface area contributed by atoms with E-state index in [0.29, 0.717) is 6.42 Å². The number of nitrogens with zero attached hydrogens (tertiary/aromatic N) is 1. The van der Waals surface area contributed by atoms with Crippen molar-refractivity contribution in [3.05, 3.63) is 59.9 Å². The van der Waals surface area contributed by atoms with Crippen LogP contribution in [0.1, 0.15) is 32.8 Å². The van der Waals surface area contributed by atoms with Gasteiger partial charge in [0.25, 0.3) is 0 Å². The van der Waals surface area contributed by atoms with E-state index in [4.69, 9.17) is 4.74 Å². The molecule has 2 aromatic carbocycles. The number of carboxylic acid groups (broad SMARTS) is 1. The summed E-state index contributed by atoms with van der Waals surface area (Å²) in [5.74, 6) is -2.71. The first-order chi connectivity index (χ1) is 14.0. The number of carbonyl (C=O) groups excluding carboxylic acids is 2. The number of hydrogen-bond donors (Lipinski definition) is 1. The van der Waals surface area contributed by atoms with Crippen LogP contribution in [0.5, 0.6) is 0 Å². The number of rotatable bonds is 4. The second kappa shape index (κ2) is 8.26. The lowest BCUT2D eigenvalue weighted by molar-refractivity contribution is -0.145. The van der Waals surface area contributed by atoms with E-state index in [9.17, 15) is 23.9 Å². The highest BCUT2D eigenvalue weighted by atomic mass is 19.1. The summed E-state index contributed by atoms with van der Waals surface area (Å²) in [6.45, 7) is 4.96. The molecule has 0 radical (unpaired) electrons. The number of hydrogen-bond acceptors (Lipinski definition) is 4. The fourth-order valence-electron chi connectivity index (χ4n) is 3.50. The molecule has 0 aromatic heterocycles. The second-order valence-corrected chi connectivity index (χ2v) is 8.38. The van der Waals surface area contributed by atoms with Crippen molar-refractivity contribution < 1.29 is 28.6 Å². The van der Waals surface area contributed by atoms with Gasteiger partial charge in [-0.05, 0) is 62.4 Å². The largest absolute Gasteiger partial charge is 0.480 e. The zero-order valence-electron chi connectivity index (χ0n) is 17.1. The quantitative estimate of drug-likeness (QED) is 0.809. The molecule has 1 heterocycles. The van der Waals surface area contributed by atoms with E-state index in [1.165, 1.54) is 12.1 Å². The molecule has 0 spiro atoms. The Morgan fingerprint density at radius 3 is 2.10 bits per heavy atom. The van der Waals surface area contributed by atoms with E-state index in [1.54, 1.807) is 32.9 Å². The third-order valence-corrected chi connectivity index (χ3v) is 4.89. The lowest BCUT2D eigenvalue weighted by Gasteiger charge is -2.25. The van der Waals surface area contributed by atoms with Crippen LogP contribution in [0.3, 0.4) is 0 Å². The maximum Gasteiger partial charge on any atom is 0.417 e. The van der Waals surface area contributed by atoms with Gasteiger partial charge < -0.3 is 9.84 Å². The number of halogens is 1. The van der Waals surface area contributed by atoms with Gasteiger partial charge in [0.2, 0.25) is 5.91 Å². The molecular formula is C23H24FNO5. The van der Waals surface area contributed by atoms with Crippen molar-refractivity contribution in [2.75, 3.05) is 0 Å². The minimum Gasteiger partial charge on any atom is -0.480 e. The molecule has 30 heavy (non-hydrogen) atoms. The summed E-state index contributed by atoms with van der Waals surface area (Å²) in [7, 11) is 0. The molecule has 6 nitrogen and oxygen atoms in total. The molecule has 7 heteroatoms. The number of amides is 2. The molecule has 2 atom stereocenters. The lowest BCUT2D eigenvalue weighted by Crippen LogP contribution is -2.45. The van der Waals surface area contributed by atoms with Crippen molar-refractivity contribution in [2.24, 2.45) is 5.92 Å². The van der Waals surface area contributed by atoms with Crippen LogP contribution in [0.2, 0.25) is 0 Å². The van der Waals surface area contributed by atoms with E-state index in [1.807, 2.05) is 24.3 Å². The fourth-order valence-corrected chi connectivity index (χ4v) is 3.50. The van der Waals surface area contributed by atoms with E-state index in [-0.39, 0.29) is 12.2 Å². The Morgan fingerprint density at radius 1 is 1.07 bits per heavy atom.